The summed E-state index contributed by atoms with van der Waals surface area (Å²) in [4.78, 5) is 42.2. The van der Waals surface area contributed by atoms with Crippen LogP contribution in [0.2, 0.25) is 5.02 Å². The van der Waals surface area contributed by atoms with Gasteiger partial charge in [0, 0.05) is 29.5 Å². The minimum atomic E-state index is -0.524. The zero-order valence-electron chi connectivity index (χ0n) is 20.4. The Labute approximate surface area is 208 Å². The highest BCUT2D eigenvalue weighted by Gasteiger charge is 2.47. The summed E-state index contributed by atoms with van der Waals surface area (Å²) >= 11 is 6.16. The summed E-state index contributed by atoms with van der Waals surface area (Å²) in [7, 11) is 1.50. The summed E-state index contributed by atoms with van der Waals surface area (Å²) < 4.78 is 8.11. The Morgan fingerprint density at radius 2 is 1.83 bits per heavy atom. The Morgan fingerprint density at radius 3 is 2.46 bits per heavy atom. The molecule has 3 aromatic rings. The molecular weight excluding hydrogens is 468 g/mol. The van der Waals surface area contributed by atoms with Gasteiger partial charge in [-0.15, -0.1) is 0 Å². The molecule has 8 nitrogen and oxygen atoms in total. The first-order valence-electron chi connectivity index (χ1n) is 11.3. The molecular formula is C26H28ClN4O4+. The number of ether oxygens (including phenoxy) is 1. The number of H-pyrrole nitrogens is 1. The Bertz CT molecular complexity index is 1420. The van der Waals surface area contributed by atoms with Gasteiger partial charge in [-0.2, -0.15) is 4.57 Å². The summed E-state index contributed by atoms with van der Waals surface area (Å²) in [5, 5.41) is 3.62. The second-order valence-electron chi connectivity index (χ2n) is 8.87. The number of aryl methyl sites for hydroxylation is 2. The first kappa shape index (κ1) is 24.6. The lowest BCUT2D eigenvalue weighted by molar-refractivity contribution is -0.577. The first-order valence-corrected chi connectivity index (χ1v) is 11.7. The molecule has 0 unspecified atom stereocenters. The van der Waals surface area contributed by atoms with E-state index >= 15 is 0 Å². The van der Waals surface area contributed by atoms with Crippen LogP contribution in [0.5, 0.6) is 0 Å². The van der Waals surface area contributed by atoms with Crippen LogP contribution in [-0.4, -0.2) is 46.8 Å². The second kappa shape index (κ2) is 9.64. The standard InChI is InChI=1S/C26H27ClN4O4/c1-15(2)22-20(25(33)31(28-22)19-8-6-7-18(27)13-19)21-23(29-10-9-16(3)17(4)14-29)26(34)30(24(21)32)11-12-35-5/h6-10,13-15H,11-12H2,1-5H3/p+1. The molecule has 0 saturated carbocycles. The topological polar surface area (TPSA) is 88.3 Å². The highest BCUT2D eigenvalue weighted by atomic mass is 35.5. The quantitative estimate of drug-likeness (QED) is 0.402. The molecule has 2 aromatic heterocycles. The number of nitrogens with zero attached hydrogens (tertiary/aromatic N) is 3. The van der Waals surface area contributed by atoms with Crippen LogP contribution in [0.3, 0.4) is 0 Å². The Kier molecular flexibility index (Phi) is 6.78. The van der Waals surface area contributed by atoms with E-state index in [2.05, 4.69) is 5.10 Å². The lowest BCUT2D eigenvalue weighted by Crippen LogP contribution is -2.41. The Morgan fingerprint density at radius 1 is 1.09 bits per heavy atom. The van der Waals surface area contributed by atoms with Gasteiger partial charge in [0.05, 0.1) is 24.4 Å². The van der Waals surface area contributed by atoms with Crippen molar-refractivity contribution in [1.29, 1.82) is 0 Å². The van der Waals surface area contributed by atoms with Crippen molar-refractivity contribution >= 4 is 34.7 Å². The van der Waals surface area contributed by atoms with Crippen molar-refractivity contribution in [2.75, 3.05) is 20.3 Å². The number of methoxy groups -OCH3 is 1. The molecule has 1 aliphatic heterocycles. The summed E-state index contributed by atoms with van der Waals surface area (Å²) in [6.07, 6.45) is 3.53. The van der Waals surface area contributed by atoms with Gasteiger partial charge in [0.15, 0.2) is 12.4 Å². The minimum absolute atomic E-state index is 0.0742. The van der Waals surface area contributed by atoms with Crippen molar-refractivity contribution in [2.24, 2.45) is 0 Å². The summed E-state index contributed by atoms with van der Waals surface area (Å²) in [6, 6.07) is 8.74. The zero-order valence-corrected chi connectivity index (χ0v) is 21.1. The van der Waals surface area contributed by atoms with E-state index in [1.54, 1.807) is 41.2 Å². The van der Waals surface area contributed by atoms with Crippen LogP contribution in [0.4, 0.5) is 0 Å². The van der Waals surface area contributed by atoms with Crippen molar-refractivity contribution in [3.63, 3.8) is 0 Å². The van der Waals surface area contributed by atoms with Crippen LogP contribution in [0, 0.1) is 13.8 Å². The molecule has 0 radical (unpaired) electrons. The zero-order chi connectivity index (χ0) is 25.4. The molecule has 0 saturated heterocycles. The molecule has 182 valence electrons. The molecule has 1 aromatic carbocycles. The Hall–Kier alpha value is -3.49. The van der Waals surface area contributed by atoms with E-state index in [1.165, 1.54) is 11.8 Å². The van der Waals surface area contributed by atoms with E-state index in [1.807, 2.05) is 33.8 Å². The maximum atomic E-state index is 13.8. The predicted octanol–water partition coefficient (Wildman–Crippen LogP) is 3.23. The average molecular weight is 496 g/mol. The van der Waals surface area contributed by atoms with Gasteiger partial charge in [0.2, 0.25) is 0 Å². The lowest BCUT2D eigenvalue weighted by Gasteiger charge is -2.13. The molecule has 0 bridgehead atoms. The van der Waals surface area contributed by atoms with E-state index in [-0.39, 0.29) is 35.9 Å². The number of pyridine rings is 1. The molecule has 4 rings (SSSR count). The maximum Gasteiger partial charge on any atom is 0.326 e. The normalized spacial score (nSPS) is 14.1. The fourth-order valence-electron chi connectivity index (χ4n) is 4.14. The van der Waals surface area contributed by atoms with Crippen molar-refractivity contribution < 1.29 is 18.9 Å². The highest BCUT2D eigenvalue weighted by Crippen LogP contribution is 2.32. The van der Waals surface area contributed by atoms with Gasteiger partial charge >= 0.3 is 5.91 Å². The number of carbonyl (C=O) groups is 2. The van der Waals surface area contributed by atoms with E-state index in [0.717, 1.165) is 16.0 Å². The molecule has 2 amide bonds. The number of halogens is 1. The van der Waals surface area contributed by atoms with Gasteiger partial charge in [-0.25, -0.2) is 4.68 Å². The lowest BCUT2D eigenvalue weighted by atomic mass is 9.98. The molecule has 9 heteroatoms. The number of aromatic amines is 1. The van der Waals surface area contributed by atoms with Crippen LogP contribution in [0.25, 0.3) is 17.0 Å². The molecule has 35 heavy (non-hydrogen) atoms. The fourth-order valence-corrected chi connectivity index (χ4v) is 4.32. The molecule has 1 aliphatic rings. The van der Waals surface area contributed by atoms with Crippen LogP contribution in [0.15, 0.2) is 47.5 Å². The van der Waals surface area contributed by atoms with Gasteiger partial charge in [0.1, 0.15) is 5.57 Å². The molecule has 1 N–H and O–H groups in total. The van der Waals surface area contributed by atoms with Gasteiger partial charge in [-0.1, -0.05) is 31.5 Å². The SMILES string of the molecule is COCCN1C(=O)C(c2c(C(C)C)[nH]n(-c3cccc(Cl)c3)c2=O)=C([n+]2ccc(C)c(C)c2)C1=O. The molecule has 0 aliphatic carbocycles. The number of amides is 2. The number of benzene rings is 1. The largest absolute Gasteiger partial charge is 0.383 e. The smallest absolute Gasteiger partial charge is 0.326 e. The third kappa shape index (κ3) is 4.35. The van der Waals surface area contributed by atoms with E-state index < -0.39 is 17.4 Å². The van der Waals surface area contributed by atoms with Crippen molar-refractivity contribution in [1.82, 2.24) is 14.7 Å². The summed E-state index contributed by atoms with van der Waals surface area (Å²) in [5.74, 6) is -1.13. The van der Waals surface area contributed by atoms with Crippen LogP contribution in [0.1, 0.15) is 42.1 Å². The van der Waals surface area contributed by atoms with Gasteiger partial charge in [0.25, 0.3) is 17.2 Å². The van der Waals surface area contributed by atoms with Crippen molar-refractivity contribution in [2.45, 2.75) is 33.6 Å². The van der Waals surface area contributed by atoms with E-state index in [9.17, 15) is 14.4 Å². The van der Waals surface area contributed by atoms with Crippen molar-refractivity contribution in [3.05, 3.63) is 80.5 Å². The molecule has 3 heterocycles. The van der Waals surface area contributed by atoms with Gasteiger partial charge in [-0.05, 0) is 43.5 Å². The maximum absolute atomic E-state index is 13.8. The summed E-state index contributed by atoms with van der Waals surface area (Å²) in [5.41, 5.74) is 3.05. The monoisotopic (exact) mass is 495 g/mol. The van der Waals surface area contributed by atoms with Gasteiger partial charge in [-0.3, -0.25) is 24.4 Å². The molecule has 0 spiro atoms. The number of rotatable bonds is 7. The molecule has 0 fully saturated rings. The Balaban J connectivity index is 2.02. The third-order valence-electron chi connectivity index (χ3n) is 6.17. The molecule has 0 atom stereocenters. The van der Waals surface area contributed by atoms with Crippen LogP contribution >= 0.6 is 11.6 Å². The number of aromatic nitrogens is 3. The number of nitrogens with one attached hydrogen (secondary N) is 1. The number of imide groups is 1. The van der Waals surface area contributed by atoms with Crippen LogP contribution in [-0.2, 0) is 14.3 Å². The van der Waals surface area contributed by atoms with Crippen LogP contribution < -0.4 is 10.1 Å². The number of hydrogen-bond acceptors (Lipinski definition) is 4. The van der Waals surface area contributed by atoms with Crippen molar-refractivity contribution in [3.8, 4) is 5.69 Å². The van der Waals surface area contributed by atoms with E-state index in [0.29, 0.717) is 16.4 Å². The predicted molar refractivity (Wildman–Crippen MR) is 133 cm³/mol. The van der Waals surface area contributed by atoms with E-state index in [4.69, 9.17) is 16.3 Å². The summed E-state index contributed by atoms with van der Waals surface area (Å²) in [6.45, 7) is 8.00. The van der Waals surface area contributed by atoms with Gasteiger partial charge < -0.3 is 4.74 Å². The second-order valence-corrected chi connectivity index (χ2v) is 9.31. The average Bonchev–Trinajstić information content (AvgIpc) is 3.27. The first-order chi connectivity index (χ1) is 16.6. The fraction of sp³-hybridized carbons (Fsp3) is 0.308. The highest BCUT2D eigenvalue weighted by molar-refractivity contribution is 6.44. The number of carbonyl (C=O) groups excluding carboxylic acids is 2. The minimum Gasteiger partial charge on any atom is -0.383 e. The number of hydrogen-bond donors (Lipinski definition) is 1. The third-order valence-corrected chi connectivity index (χ3v) is 6.41.